The van der Waals surface area contributed by atoms with Gasteiger partial charge in [0.15, 0.2) is 0 Å². The maximum atomic E-state index is 13.6. The van der Waals surface area contributed by atoms with E-state index in [0.717, 1.165) is 31.2 Å². The number of rotatable bonds is 5. The van der Waals surface area contributed by atoms with Crippen molar-refractivity contribution in [2.75, 3.05) is 6.54 Å². The fourth-order valence-corrected chi connectivity index (χ4v) is 5.35. The number of hydrogen-bond acceptors (Lipinski definition) is 6. The van der Waals surface area contributed by atoms with Crippen LogP contribution in [0.25, 0.3) is 21.8 Å². The van der Waals surface area contributed by atoms with Crippen LogP contribution in [-0.2, 0) is 0 Å². The van der Waals surface area contributed by atoms with Crippen molar-refractivity contribution < 1.29 is 14.2 Å². The Labute approximate surface area is 204 Å². The van der Waals surface area contributed by atoms with Crippen molar-refractivity contribution in [1.29, 1.82) is 0 Å². The average molecular weight is 495 g/mol. The van der Waals surface area contributed by atoms with E-state index in [9.17, 15) is 19.7 Å². The first-order valence-electron chi connectivity index (χ1n) is 11.5. The number of hydrogen-bond donors (Lipinski definition) is 1. The van der Waals surface area contributed by atoms with E-state index in [1.807, 2.05) is 16.7 Å². The number of non-ortho nitro benzene ring substituents is 1. The summed E-state index contributed by atoms with van der Waals surface area (Å²) in [4.78, 5) is 36.5. The second-order valence-electron chi connectivity index (χ2n) is 8.97. The van der Waals surface area contributed by atoms with Crippen molar-refractivity contribution in [2.45, 2.75) is 38.6 Å². The fourth-order valence-electron chi connectivity index (χ4n) is 5.09. The zero-order valence-electron chi connectivity index (χ0n) is 19.0. The maximum absolute atomic E-state index is 13.6. The molecular formula is C25H23ClN4O5. The number of amides is 1. The molecule has 1 N–H and O–H groups in total. The van der Waals surface area contributed by atoms with Crippen LogP contribution in [0, 0.1) is 23.0 Å². The summed E-state index contributed by atoms with van der Waals surface area (Å²) in [6.07, 6.45) is 3.40. The molecule has 35 heavy (non-hydrogen) atoms. The van der Waals surface area contributed by atoms with Gasteiger partial charge in [0.1, 0.15) is 16.7 Å². The number of nitrogens with zero attached hydrogens (tertiary/aromatic N) is 3. The average Bonchev–Trinajstić information content (AvgIpc) is 3.24. The number of aromatic nitrogens is 2. The van der Waals surface area contributed by atoms with Crippen molar-refractivity contribution in [3.05, 3.63) is 79.3 Å². The highest BCUT2D eigenvalue weighted by atomic mass is 35.5. The zero-order chi connectivity index (χ0) is 24.7. The molecule has 0 aliphatic heterocycles. The first-order valence-corrected chi connectivity index (χ1v) is 11.8. The Balaban J connectivity index is 1.39. The summed E-state index contributed by atoms with van der Waals surface area (Å²) in [6.45, 7) is 2.18. The molecule has 0 bridgehead atoms. The summed E-state index contributed by atoms with van der Waals surface area (Å²) in [5, 5.41) is 19.5. The minimum Gasteiger partial charge on any atom is -0.360 e. The first-order chi connectivity index (χ1) is 16.8. The molecule has 0 spiro atoms. The molecule has 10 heteroatoms. The highest BCUT2D eigenvalue weighted by Gasteiger charge is 2.28. The number of benzene rings is 2. The lowest BCUT2D eigenvalue weighted by Gasteiger charge is -2.31. The van der Waals surface area contributed by atoms with Crippen LogP contribution >= 0.6 is 11.6 Å². The second-order valence-corrected chi connectivity index (χ2v) is 9.38. The van der Waals surface area contributed by atoms with Gasteiger partial charge in [-0.3, -0.25) is 19.7 Å². The predicted molar refractivity (Wildman–Crippen MR) is 132 cm³/mol. The third-order valence-electron chi connectivity index (χ3n) is 6.80. The summed E-state index contributed by atoms with van der Waals surface area (Å²) in [5.74, 6) is 0.359. The van der Waals surface area contributed by atoms with Gasteiger partial charge in [-0.2, -0.15) is 0 Å². The van der Waals surface area contributed by atoms with E-state index in [-0.39, 0.29) is 29.1 Å². The van der Waals surface area contributed by atoms with E-state index in [1.165, 1.54) is 24.3 Å². The predicted octanol–water partition coefficient (Wildman–Crippen LogP) is 5.17. The van der Waals surface area contributed by atoms with E-state index in [4.69, 9.17) is 16.1 Å². The van der Waals surface area contributed by atoms with Crippen LogP contribution in [0.2, 0.25) is 5.02 Å². The van der Waals surface area contributed by atoms with Crippen LogP contribution in [-0.4, -0.2) is 27.1 Å². The van der Waals surface area contributed by atoms with Gasteiger partial charge in [0.25, 0.3) is 17.2 Å². The minimum absolute atomic E-state index is 0.0582. The normalized spacial score (nSPS) is 18.1. The fraction of sp³-hybridized carbons (Fsp3) is 0.320. The summed E-state index contributed by atoms with van der Waals surface area (Å²) in [7, 11) is 0. The van der Waals surface area contributed by atoms with Crippen molar-refractivity contribution in [1.82, 2.24) is 15.0 Å². The maximum Gasteiger partial charge on any atom is 0.269 e. The molecule has 2 aromatic carbocycles. The Hall–Kier alpha value is -3.72. The van der Waals surface area contributed by atoms with Gasteiger partial charge in [0.2, 0.25) is 0 Å². The van der Waals surface area contributed by atoms with Crippen LogP contribution in [0.5, 0.6) is 0 Å². The number of carbonyl (C=O) groups is 1. The number of nitrogens with one attached hydrogen (secondary N) is 1. The van der Waals surface area contributed by atoms with Gasteiger partial charge in [-0.15, -0.1) is 0 Å². The summed E-state index contributed by atoms with van der Waals surface area (Å²) in [6, 6.07) is 11.0. The Bertz CT molecular complexity index is 1510. The first kappa shape index (κ1) is 23.0. The van der Waals surface area contributed by atoms with Crippen LogP contribution in [0.15, 0.2) is 51.8 Å². The number of fused-ring (bicyclic) bond motifs is 3. The van der Waals surface area contributed by atoms with Gasteiger partial charge < -0.3 is 14.4 Å². The van der Waals surface area contributed by atoms with Crippen LogP contribution < -0.4 is 10.9 Å². The van der Waals surface area contributed by atoms with E-state index < -0.39 is 4.92 Å². The Kier molecular flexibility index (Phi) is 6.02. The SMILES string of the molecule is Cc1onc2c1c(=O)n(C1CCCC(CNC(=O)c3ccc([N+](=O)[O-])cc3)C1)c1cccc(Cl)c21. The molecule has 2 aromatic heterocycles. The topological polar surface area (TPSA) is 120 Å². The van der Waals surface area contributed by atoms with Gasteiger partial charge in [0.05, 0.1) is 15.5 Å². The van der Waals surface area contributed by atoms with Crippen LogP contribution in [0.4, 0.5) is 5.69 Å². The van der Waals surface area contributed by atoms with Gasteiger partial charge in [-0.25, -0.2) is 0 Å². The van der Waals surface area contributed by atoms with Gasteiger partial charge in [0, 0.05) is 35.7 Å². The third-order valence-corrected chi connectivity index (χ3v) is 7.11. The van der Waals surface area contributed by atoms with E-state index in [1.54, 1.807) is 13.0 Å². The Morgan fingerprint density at radius 1 is 1.23 bits per heavy atom. The monoisotopic (exact) mass is 494 g/mol. The highest BCUT2D eigenvalue weighted by Crippen LogP contribution is 2.37. The van der Waals surface area contributed by atoms with E-state index >= 15 is 0 Å². The van der Waals surface area contributed by atoms with Crippen molar-refractivity contribution in [2.24, 2.45) is 5.92 Å². The van der Waals surface area contributed by atoms with E-state index in [0.29, 0.717) is 39.2 Å². The van der Waals surface area contributed by atoms with Crippen LogP contribution in [0.3, 0.4) is 0 Å². The van der Waals surface area contributed by atoms with Gasteiger partial charge in [-0.05, 0) is 56.4 Å². The lowest BCUT2D eigenvalue weighted by Crippen LogP contribution is -2.34. The number of nitro groups is 1. The Morgan fingerprint density at radius 2 is 2.00 bits per heavy atom. The van der Waals surface area contributed by atoms with E-state index in [2.05, 4.69) is 10.5 Å². The Morgan fingerprint density at radius 3 is 2.74 bits per heavy atom. The molecule has 1 fully saturated rings. The van der Waals surface area contributed by atoms with Crippen LogP contribution in [0.1, 0.15) is 47.8 Å². The summed E-state index contributed by atoms with van der Waals surface area (Å²) >= 11 is 6.53. The van der Waals surface area contributed by atoms with Gasteiger partial charge >= 0.3 is 0 Å². The molecule has 1 saturated carbocycles. The molecule has 1 aliphatic carbocycles. The minimum atomic E-state index is -0.499. The summed E-state index contributed by atoms with van der Waals surface area (Å²) in [5.41, 5.74) is 1.37. The summed E-state index contributed by atoms with van der Waals surface area (Å²) < 4.78 is 7.16. The molecular weight excluding hydrogens is 472 g/mol. The molecule has 0 saturated heterocycles. The van der Waals surface area contributed by atoms with Gasteiger partial charge in [-0.1, -0.05) is 29.2 Å². The van der Waals surface area contributed by atoms with Crippen molar-refractivity contribution >= 4 is 45.0 Å². The third kappa shape index (κ3) is 4.16. The number of pyridine rings is 1. The number of aryl methyl sites for hydroxylation is 1. The molecule has 5 rings (SSSR count). The number of nitro benzene ring substituents is 1. The zero-order valence-corrected chi connectivity index (χ0v) is 19.7. The molecule has 4 aromatic rings. The molecule has 0 radical (unpaired) electrons. The highest BCUT2D eigenvalue weighted by molar-refractivity contribution is 6.37. The quantitative estimate of drug-likeness (QED) is 0.301. The van der Waals surface area contributed by atoms with Crippen molar-refractivity contribution in [3.8, 4) is 0 Å². The number of carbonyl (C=O) groups excluding carboxylic acids is 1. The molecule has 1 aliphatic rings. The molecule has 1 amide bonds. The standard InChI is InChI=1S/C25H23ClN4O5/c1-14-21-23(28-35-14)22-19(26)6-3-7-20(22)29(25(21)32)18-5-2-4-15(12-18)13-27-24(31)16-8-10-17(11-9-16)30(33)34/h3,6-11,15,18H,2,4-5,12-13H2,1H3,(H,27,31). The molecule has 9 nitrogen and oxygen atoms in total. The molecule has 2 unspecified atom stereocenters. The molecule has 2 atom stereocenters. The smallest absolute Gasteiger partial charge is 0.269 e. The van der Waals surface area contributed by atoms with Crippen molar-refractivity contribution in [3.63, 3.8) is 0 Å². The molecule has 180 valence electrons. The largest absolute Gasteiger partial charge is 0.360 e. The lowest BCUT2D eigenvalue weighted by molar-refractivity contribution is -0.384. The second kappa shape index (κ2) is 9.14. The molecule has 2 heterocycles. The lowest BCUT2D eigenvalue weighted by atomic mass is 9.85. The number of halogens is 1.